The van der Waals surface area contributed by atoms with Gasteiger partial charge >= 0.3 is 5.97 Å². The lowest BCUT2D eigenvalue weighted by Gasteiger charge is -2.23. The summed E-state index contributed by atoms with van der Waals surface area (Å²) in [4.78, 5) is 35.2. The summed E-state index contributed by atoms with van der Waals surface area (Å²) < 4.78 is 0.829. The summed E-state index contributed by atoms with van der Waals surface area (Å²) in [5, 5.41) is 9.78. The van der Waals surface area contributed by atoms with E-state index in [0.29, 0.717) is 11.3 Å². The minimum Gasteiger partial charge on any atom is -0.481 e. The van der Waals surface area contributed by atoms with Crippen molar-refractivity contribution in [1.82, 2.24) is 5.43 Å². The largest absolute Gasteiger partial charge is 0.481 e. The second-order valence-electron chi connectivity index (χ2n) is 4.91. The number of halogens is 1. The summed E-state index contributed by atoms with van der Waals surface area (Å²) in [6.07, 6.45) is -0.521. The first kappa shape index (κ1) is 17.7. The summed E-state index contributed by atoms with van der Waals surface area (Å²) in [5.41, 5.74) is 3.34. The number of aliphatic carboxylic acids is 1. The number of nitrogens with zero attached hydrogens (tertiary/aromatic N) is 1. The number of carbonyl (C=O) groups excluding carboxylic acids is 2. The number of anilines is 1. The Hall–Kier alpha value is -2.67. The molecule has 0 unspecified atom stereocenters. The van der Waals surface area contributed by atoms with Crippen molar-refractivity contribution < 1.29 is 19.5 Å². The molecule has 0 aliphatic rings. The molecule has 0 heterocycles. The van der Waals surface area contributed by atoms with Crippen LogP contribution in [0.15, 0.2) is 59.1 Å². The Morgan fingerprint density at radius 3 is 2.17 bits per heavy atom. The predicted molar refractivity (Wildman–Crippen MR) is 92.4 cm³/mol. The fraction of sp³-hybridized carbons (Fsp3) is 0.118. The van der Waals surface area contributed by atoms with Crippen LogP contribution in [0.1, 0.15) is 23.2 Å². The van der Waals surface area contributed by atoms with Gasteiger partial charge in [-0.25, -0.2) is 5.01 Å². The van der Waals surface area contributed by atoms with E-state index in [2.05, 4.69) is 21.4 Å². The first-order valence-electron chi connectivity index (χ1n) is 7.13. The third-order valence-corrected chi connectivity index (χ3v) is 3.64. The maximum Gasteiger partial charge on any atom is 0.303 e. The lowest BCUT2D eigenvalue weighted by Crippen LogP contribution is -2.46. The van der Waals surface area contributed by atoms with Crippen LogP contribution in [0, 0.1) is 0 Å². The van der Waals surface area contributed by atoms with Crippen LogP contribution >= 0.6 is 15.9 Å². The zero-order valence-corrected chi connectivity index (χ0v) is 14.2. The second-order valence-corrected chi connectivity index (χ2v) is 5.83. The first-order valence-corrected chi connectivity index (χ1v) is 7.93. The SMILES string of the molecule is O=C(O)CCC(=O)NN(C(=O)c1ccc(Br)cc1)c1ccccc1. The van der Waals surface area contributed by atoms with Gasteiger partial charge in [-0.05, 0) is 36.4 Å². The Morgan fingerprint density at radius 1 is 0.958 bits per heavy atom. The van der Waals surface area contributed by atoms with Crippen LogP contribution in [-0.4, -0.2) is 22.9 Å². The molecule has 0 spiro atoms. The molecule has 0 fully saturated rings. The number of carbonyl (C=O) groups is 3. The summed E-state index contributed by atoms with van der Waals surface area (Å²) in [5.74, 6) is -2.04. The van der Waals surface area contributed by atoms with Gasteiger partial charge in [0.25, 0.3) is 5.91 Å². The summed E-state index contributed by atoms with van der Waals surface area (Å²) in [6.45, 7) is 0. The van der Waals surface area contributed by atoms with Gasteiger partial charge in [0.1, 0.15) is 0 Å². The lowest BCUT2D eigenvalue weighted by atomic mass is 10.2. The van der Waals surface area contributed by atoms with Crippen molar-refractivity contribution >= 4 is 39.4 Å². The monoisotopic (exact) mass is 390 g/mol. The molecule has 0 aliphatic heterocycles. The average Bonchev–Trinajstić information content (AvgIpc) is 2.58. The molecule has 2 amide bonds. The van der Waals surface area contributed by atoms with E-state index in [1.54, 1.807) is 54.6 Å². The van der Waals surface area contributed by atoms with Crippen molar-refractivity contribution in [3.63, 3.8) is 0 Å². The van der Waals surface area contributed by atoms with E-state index in [1.165, 1.54) is 0 Å². The Morgan fingerprint density at radius 2 is 1.58 bits per heavy atom. The zero-order chi connectivity index (χ0) is 17.5. The molecule has 0 radical (unpaired) electrons. The normalized spacial score (nSPS) is 10.0. The van der Waals surface area contributed by atoms with Crippen molar-refractivity contribution in [2.24, 2.45) is 0 Å². The maximum absolute atomic E-state index is 12.7. The first-order chi connectivity index (χ1) is 11.5. The van der Waals surface area contributed by atoms with Crippen LogP contribution in [0.5, 0.6) is 0 Å². The second kappa shape index (κ2) is 8.26. The zero-order valence-electron chi connectivity index (χ0n) is 12.6. The van der Waals surface area contributed by atoms with Crippen LogP contribution in [-0.2, 0) is 9.59 Å². The minimum absolute atomic E-state index is 0.216. The van der Waals surface area contributed by atoms with Gasteiger partial charge in [-0.15, -0.1) is 0 Å². The van der Waals surface area contributed by atoms with E-state index in [9.17, 15) is 14.4 Å². The van der Waals surface area contributed by atoms with E-state index in [1.807, 2.05) is 0 Å². The number of hydrogen-bond acceptors (Lipinski definition) is 3. The van der Waals surface area contributed by atoms with Crippen molar-refractivity contribution in [3.05, 3.63) is 64.6 Å². The molecule has 0 atom stereocenters. The van der Waals surface area contributed by atoms with E-state index in [4.69, 9.17) is 5.11 Å². The highest BCUT2D eigenvalue weighted by molar-refractivity contribution is 9.10. The highest BCUT2D eigenvalue weighted by atomic mass is 79.9. The van der Waals surface area contributed by atoms with Crippen molar-refractivity contribution in [3.8, 4) is 0 Å². The predicted octanol–water partition coefficient (Wildman–Crippen LogP) is 2.99. The molecule has 7 heteroatoms. The topological polar surface area (TPSA) is 86.7 Å². The minimum atomic E-state index is -1.07. The molecule has 0 saturated carbocycles. The number of rotatable bonds is 5. The molecule has 2 N–H and O–H groups in total. The van der Waals surface area contributed by atoms with Gasteiger partial charge in [0.15, 0.2) is 0 Å². The summed E-state index contributed by atoms with van der Waals surface area (Å²) in [7, 11) is 0. The fourth-order valence-corrected chi connectivity index (χ4v) is 2.20. The van der Waals surface area contributed by atoms with Crippen LogP contribution in [0.3, 0.4) is 0 Å². The average molecular weight is 391 g/mol. The third-order valence-electron chi connectivity index (χ3n) is 3.11. The molecule has 0 saturated heterocycles. The van der Waals surface area contributed by atoms with Gasteiger partial charge in [0, 0.05) is 16.5 Å². The number of amides is 2. The van der Waals surface area contributed by atoms with E-state index < -0.39 is 17.8 Å². The van der Waals surface area contributed by atoms with E-state index in [-0.39, 0.29) is 12.8 Å². The third kappa shape index (κ3) is 4.92. The van der Waals surface area contributed by atoms with Crippen LogP contribution in [0.4, 0.5) is 5.69 Å². The number of carboxylic acid groups (broad SMARTS) is 1. The molecule has 6 nitrogen and oxygen atoms in total. The van der Waals surface area contributed by atoms with Gasteiger partial charge < -0.3 is 5.11 Å². The number of hydrazine groups is 1. The van der Waals surface area contributed by atoms with Crippen LogP contribution in [0.2, 0.25) is 0 Å². The Balaban J connectivity index is 2.23. The van der Waals surface area contributed by atoms with E-state index in [0.717, 1.165) is 9.48 Å². The van der Waals surface area contributed by atoms with E-state index >= 15 is 0 Å². The maximum atomic E-state index is 12.7. The van der Waals surface area contributed by atoms with Crippen LogP contribution in [0.25, 0.3) is 0 Å². The Kier molecular flexibility index (Phi) is 6.08. The Bertz CT molecular complexity index is 732. The standard InChI is InChI=1S/C17H15BrN2O4/c18-13-8-6-12(7-9-13)17(24)20(14-4-2-1-3-5-14)19-15(21)10-11-16(22)23/h1-9H,10-11H2,(H,19,21)(H,22,23). The Labute approximate surface area is 147 Å². The molecule has 24 heavy (non-hydrogen) atoms. The van der Waals surface area contributed by atoms with Crippen molar-refractivity contribution in [1.29, 1.82) is 0 Å². The molecule has 0 aliphatic carbocycles. The summed E-state index contributed by atoms with van der Waals surface area (Å²) in [6, 6.07) is 15.3. The van der Waals surface area contributed by atoms with Gasteiger partial charge in [-0.2, -0.15) is 0 Å². The van der Waals surface area contributed by atoms with Gasteiger partial charge in [-0.1, -0.05) is 34.1 Å². The highest BCUT2D eigenvalue weighted by Crippen LogP contribution is 2.17. The smallest absolute Gasteiger partial charge is 0.303 e. The molecule has 2 aromatic carbocycles. The van der Waals surface area contributed by atoms with Crippen molar-refractivity contribution in [2.75, 3.05) is 5.01 Å². The quantitative estimate of drug-likeness (QED) is 0.768. The van der Waals surface area contributed by atoms with Gasteiger partial charge in [-0.3, -0.25) is 19.8 Å². The number of carboxylic acids is 1. The number of hydrogen-bond donors (Lipinski definition) is 2. The summed E-state index contributed by atoms with van der Waals surface area (Å²) >= 11 is 3.30. The molecular formula is C17H15BrN2O4. The highest BCUT2D eigenvalue weighted by Gasteiger charge is 2.20. The number of para-hydroxylation sites is 1. The fourth-order valence-electron chi connectivity index (χ4n) is 1.93. The molecule has 2 rings (SSSR count). The van der Waals surface area contributed by atoms with Gasteiger partial charge in [0.05, 0.1) is 12.1 Å². The number of nitrogens with one attached hydrogen (secondary N) is 1. The molecule has 0 aromatic heterocycles. The lowest BCUT2D eigenvalue weighted by molar-refractivity contribution is -0.138. The molecule has 0 bridgehead atoms. The molecule has 2 aromatic rings. The van der Waals surface area contributed by atoms with Gasteiger partial charge in [0.2, 0.25) is 5.91 Å². The van der Waals surface area contributed by atoms with Crippen molar-refractivity contribution in [2.45, 2.75) is 12.8 Å². The molecular weight excluding hydrogens is 376 g/mol. The number of benzene rings is 2. The molecule has 124 valence electrons. The van der Waals surface area contributed by atoms with Crippen LogP contribution < -0.4 is 10.4 Å².